The first-order valence-corrected chi connectivity index (χ1v) is 9.12. The van der Waals surface area contributed by atoms with Crippen LogP contribution in [0.15, 0.2) is 17.1 Å². The number of nitrogens with one attached hydrogen (secondary N) is 2. The first-order chi connectivity index (χ1) is 9.61. The van der Waals surface area contributed by atoms with Crippen molar-refractivity contribution in [1.82, 2.24) is 10.6 Å². The van der Waals surface area contributed by atoms with Crippen LogP contribution >= 0.6 is 58.7 Å². The first kappa shape index (κ1) is 19.4. The third-order valence-corrected chi connectivity index (χ3v) is 6.28. The largest absolute Gasteiger partial charge is 0.356 e. The van der Waals surface area contributed by atoms with E-state index in [2.05, 4.69) is 40.4 Å². The van der Waals surface area contributed by atoms with Gasteiger partial charge in [0.05, 0.1) is 4.34 Å². The number of guanidine groups is 1. The predicted octanol–water partition coefficient (Wildman–Crippen LogP) is 4.01. The van der Waals surface area contributed by atoms with E-state index in [0.29, 0.717) is 4.75 Å². The maximum absolute atomic E-state index is 5.93. The molecule has 1 fully saturated rings. The maximum Gasteiger partial charge on any atom is 0.191 e. The van der Waals surface area contributed by atoms with Gasteiger partial charge < -0.3 is 10.6 Å². The van der Waals surface area contributed by atoms with Gasteiger partial charge in [-0.3, -0.25) is 4.99 Å². The summed E-state index contributed by atoms with van der Waals surface area (Å²) in [5.74, 6) is 2.17. The summed E-state index contributed by atoms with van der Waals surface area (Å²) in [6.07, 6.45) is 3.59. The highest BCUT2D eigenvalue weighted by atomic mass is 127. The summed E-state index contributed by atoms with van der Waals surface area (Å²) in [4.78, 5) is 5.58. The molecule has 0 aromatic carbocycles. The van der Waals surface area contributed by atoms with Gasteiger partial charge in [-0.05, 0) is 44.1 Å². The molecule has 2 N–H and O–H groups in total. The Kier molecular flexibility index (Phi) is 8.74. The highest BCUT2D eigenvalue weighted by molar-refractivity contribution is 14.0. The van der Waals surface area contributed by atoms with E-state index < -0.39 is 0 Å². The number of aliphatic imine (C=N–C) groups is 1. The molecule has 1 aliphatic heterocycles. The lowest BCUT2D eigenvalue weighted by molar-refractivity contribution is 0.585. The maximum atomic E-state index is 5.93. The summed E-state index contributed by atoms with van der Waals surface area (Å²) in [5, 5.41) is 6.80. The van der Waals surface area contributed by atoms with Crippen LogP contribution in [-0.2, 0) is 6.42 Å². The van der Waals surface area contributed by atoms with Crippen LogP contribution in [0.1, 0.15) is 24.6 Å². The van der Waals surface area contributed by atoms with Crippen molar-refractivity contribution in [1.29, 1.82) is 0 Å². The highest BCUT2D eigenvalue weighted by Crippen LogP contribution is 2.36. The summed E-state index contributed by atoms with van der Waals surface area (Å²) in [5.41, 5.74) is 0. The van der Waals surface area contributed by atoms with Gasteiger partial charge in [0, 0.05) is 29.8 Å². The molecule has 0 amide bonds. The van der Waals surface area contributed by atoms with Crippen molar-refractivity contribution < 1.29 is 0 Å². The number of hydrogen-bond acceptors (Lipinski definition) is 3. The van der Waals surface area contributed by atoms with Crippen LogP contribution in [0.4, 0.5) is 0 Å². The first-order valence-electron chi connectivity index (χ1n) is 6.94. The molecule has 1 saturated heterocycles. The van der Waals surface area contributed by atoms with Gasteiger partial charge in [0.25, 0.3) is 0 Å². The lowest BCUT2D eigenvalue weighted by atomic mass is 10.1. The van der Waals surface area contributed by atoms with Crippen molar-refractivity contribution in [2.45, 2.75) is 30.9 Å². The average Bonchev–Trinajstić information content (AvgIpc) is 3.03. The third kappa shape index (κ3) is 6.54. The Morgan fingerprint density at radius 1 is 1.43 bits per heavy atom. The zero-order chi connectivity index (χ0) is 14.4. The van der Waals surface area contributed by atoms with Gasteiger partial charge in [-0.25, -0.2) is 0 Å². The SMILES string of the molecule is CN=C(NCCc1ccc(Cl)s1)NCC1(C)CCCS1.I. The molecule has 1 aromatic heterocycles. The molecule has 0 aliphatic carbocycles. The van der Waals surface area contributed by atoms with Crippen molar-refractivity contribution in [2.24, 2.45) is 4.99 Å². The Morgan fingerprint density at radius 2 is 2.24 bits per heavy atom. The molecule has 0 bridgehead atoms. The van der Waals surface area contributed by atoms with Crippen LogP contribution in [0, 0.1) is 0 Å². The molecule has 3 nitrogen and oxygen atoms in total. The van der Waals surface area contributed by atoms with Gasteiger partial charge in [-0.15, -0.1) is 35.3 Å². The molecule has 2 heterocycles. The Bertz CT molecular complexity index is 459. The predicted molar refractivity (Wildman–Crippen MR) is 108 cm³/mol. The molecular weight excluding hydrogens is 437 g/mol. The van der Waals surface area contributed by atoms with Gasteiger partial charge >= 0.3 is 0 Å². The normalized spacial score (nSPS) is 22.0. The number of thioether (sulfide) groups is 1. The number of hydrogen-bond donors (Lipinski definition) is 2. The third-order valence-electron chi connectivity index (χ3n) is 3.45. The van der Waals surface area contributed by atoms with Crippen LogP contribution in [0.5, 0.6) is 0 Å². The van der Waals surface area contributed by atoms with Gasteiger partial charge in [0.2, 0.25) is 0 Å². The highest BCUT2D eigenvalue weighted by Gasteiger charge is 2.29. The van der Waals surface area contributed by atoms with E-state index in [4.69, 9.17) is 11.6 Å². The smallest absolute Gasteiger partial charge is 0.191 e. The molecule has 0 radical (unpaired) electrons. The second kappa shape index (κ2) is 9.47. The van der Waals surface area contributed by atoms with Crippen LogP contribution in [0.25, 0.3) is 0 Å². The lowest BCUT2D eigenvalue weighted by Crippen LogP contribution is -2.44. The molecule has 1 atom stereocenters. The fourth-order valence-electron chi connectivity index (χ4n) is 2.26. The van der Waals surface area contributed by atoms with E-state index in [9.17, 15) is 0 Å². The van der Waals surface area contributed by atoms with Crippen LogP contribution < -0.4 is 10.6 Å². The monoisotopic (exact) mass is 459 g/mol. The second-order valence-electron chi connectivity index (χ2n) is 5.21. The zero-order valence-electron chi connectivity index (χ0n) is 12.4. The number of rotatable bonds is 5. The van der Waals surface area contributed by atoms with E-state index in [1.54, 1.807) is 11.3 Å². The lowest BCUT2D eigenvalue weighted by Gasteiger charge is -2.24. The summed E-state index contributed by atoms with van der Waals surface area (Å²) in [6, 6.07) is 4.04. The fourth-order valence-corrected chi connectivity index (χ4v) is 4.59. The number of halogens is 2. The summed E-state index contributed by atoms with van der Waals surface area (Å²) in [7, 11) is 1.82. The van der Waals surface area contributed by atoms with Gasteiger partial charge in [0.1, 0.15) is 0 Å². The standard InChI is InChI=1S/C14H22ClN3S2.HI/c1-14(7-3-9-19-14)10-18-13(16-2)17-8-6-11-4-5-12(15)20-11;/h4-5H,3,6-10H2,1-2H3,(H2,16,17,18);1H. The van der Waals surface area contributed by atoms with Crippen LogP contribution in [0.3, 0.4) is 0 Å². The van der Waals surface area contributed by atoms with Crippen LogP contribution in [-0.4, -0.2) is 36.6 Å². The zero-order valence-corrected chi connectivity index (χ0v) is 17.2. The molecular formula is C14H23ClIN3S2. The van der Waals surface area contributed by atoms with Crippen molar-refractivity contribution in [3.05, 3.63) is 21.3 Å². The second-order valence-corrected chi connectivity index (χ2v) is 8.69. The van der Waals surface area contributed by atoms with Crippen molar-refractivity contribution in [3.63, 3.8) is 0 Å². The summed E-state index contributed by atoms with van der Waals surface area (Å²) < 4.78 is 1.22. The van der Waals surface area contributed by atoms with E-state index in [1.807, 2.05) is 13.1 Å². The fraction of sp³-hybridized carbons (Fsp3) is 0.643. The van der Waals surface area contributed by atoms with E-state index >= 15 is 0 Å². The Morgan fingerprint density at radius 3 is 2.81 bits per heavy atom. The molecule has 7 heteroatoms. The summed E-state index contributed by atoms with van der Waals surface area (Å²) >= 11 is 9.63. The minimum Gasteiger partial charge on any atom is -0.356 e. The Balaban J connectivity index is 0.00000220. The molecule has 120 valence electrons. The van der Waals surface area contributed by atoms with E-state index in [1.165, 1.54) is 23.5 Å². The number of thiophene rings is 1. The molecule has 1 aromatic rings. The quantitative estimate of drug-likeness (QED) is 0.397. The van der Waals surface area contributed by atoms with Crippen molar-refractivity contribution >= 4 is 64.6 Å². The molecule has 0 spiro atoms. The molecule has 0 saturated carbocycles. The van der Waals surface area contributed by atoms with Gasteiger partial charge in [-0.2, -0.15) is 11.8 Å². The Hall–Kier alpha value is 0.340. The molecule has 21 heavy (non-hydrogen) atoms. The van der Waals surface area contributed by atoms with Gasteiger partial charge in [0.15, 0.2) is 5.96 Å². The van der Waals surface area contributed by atoms with Crippen molar-refractivity contribution in [2.75, 3.05) is 25.9 Å². The molecule has 1 aliphatic rings. The van der Waals surface area contributed by atoms with E-state index in [0.717, 1.165) is 29.8 Å². The summed E-state index contributed by atoms with van der Waals surface area (Å²) in [6.45, 7) is 4.18. The molecule has 1 unspecified atom stereocenters. The molecule has 2 rings (SSSR count). The number of nitrogens with zero attached hydrogens (tertiary/aromatic N) is 1. The average molecular weight is 460 g/mol. The van der Waals surface area contributed by atoms with Crippen molar-refractivity contribution in [3.8, 4) is 0 Å². The minimum atomic E-state index is 0. The minimum absolute atomic E-state index is 0. The van der Waals surface area contributed by atoms with Gasteiger partial charge in [-0.1, -0.05) is 11.6 Å². The topological polar surface area (TPSA) is 36.4 Å². The van der Waals surface area contributed by atoms with E-state index in [-0.39, 0.29) is 24.0 Å². The van der Waals surface area contributed by atoms with Crippen LogP contribution in [0.2, 0.25) is 4.34 Å². The Labute approximate surface area is 157 Å².